The molecule has 0 fully saturated rings. The fourth-order valence-electron chi connectivity index (χ4n) is 1.43. The molecule has 0 aromatic heterocycles. The van der Waals surface area contributed by atoms with Gasteiger partial charge < -0.3 is 20.5 Å². The molecule has 0 spiro atoms. The number of methoxy groups -OCH3 is 1. The second kappa shape index (κ2) is 8.35. The van der Waals surface area contributed by atoms with Crippen LogP contribution in [-0.4, -0.2) is 43.8 Å². The average molecular weight is 410 g/mol. The number of aromatic carboxylic acids is 1. The maximum absolute atomic E-state index is 11.7. The van der Waals surface area contributed by atoms with Crippen molar-refractivity contribution in [3.8, 4) is 0 Å². The first-order chi connectivity index (χ1) is 9.45. The summed E-state index contributed by atoms with van der Waals surface area (Å²) in [5.41, 5.74) is 0.246. The number of halogens is 2. The molecule has 20 heavy (non-hydrogen) atoms. The van der Waals surface area contributed by atoms with Gasteiger partial charge in [0.15, 0.2) is 0 Å². The third-order valence-corrected chi connectivity index (χ3v) is 3.40. The van der Waals surface area contributed by atoms with Gasteiger partial charge in [-0.2, -0.15) is 0 Å². The standard InChI is InChI=1S/C12H14Br2N2O4/c1-20-3-2-15-6-10(17)16-11-8(12(18)19)4-7(13)5-9(11)14/h4-5,15H,2-3,6H2,1H3,(H,16,17)(H,18,19). The Hall–Kier alpha value is -0.960. The number of nitrogens with one attached hydrogen (secondary N) is 2. The van der Waals surface area contributed by atoms with Gasteiger partial charge in [-0.1, -0.05) is 15.9 Å². The maximum Gasteiger partial charge on any atom is 0.337 e. The minimum atomic E-state index is -1.12. The number of carboxylic acid groups (broad SMARTS) is 1. The predicted molar refractivity (Wildman–Crippen MR) is 82.2 cm³/mol. The Kier molecular flexibility index (Phi) is 7.14. The van der Waals surface area contributed by atoms with Crippen LogP contribution in [0.2, 0.25) is 0 Å². The summed E-state index contributed by atoms with van der Waals surface area (Å²) < 4.78 is 5.94. The highest BCUT2D eigenvalue weighted by atomic mass is 79.9. The van der Waals surface area contributed by atoms with Crippen LogP contribution in [0.15, 0.2) is 21.1 Å². The van der Waals surface area contributed by atoms with Crippen molar-refractivity contribution in [1.82, 2.24) is 5.32 Å². The van der Waals surface area contributed by atoms with Gasteiger partial charge in [0.2, 0.25) is 5.91 Å². The van der Waals surface area contributed by atoms with Gasteiger partial charge in [-0.25, -0.2) is 4.79 Å². The Morgan fingerprint density at radius 2 is 2.05 bits per heavy atom. The Morgan fingerprint density at radius 3 is 2.65 bits per heavy atom. The molecule has 0 radical (unpaired) electrons. The summed E-state index contributed by atoms with van der Waals surface area (Å²) >= 11 is 6.45. The van der Waals surface area contributed by atoms with E-state index in [0.717, 1.165) is 0 Å². The molecule has 0 saturated carbocycles. The van der Waals surface area contributed by atoms with E-state index in [4.69, 9.17) is 9.84 Å². The van der Waals surface area contributed by atoms with Crippen molar-refractivity contribution in [2.75, 3.05) is 32.1 Å². The predicted octanol–water partition coefficient (Wildman–Crippen LogP) is 2.08. The summed E-state index contributed by atoms with van der Waals surface area (Å²) in [5.74, 6) is -1.44. The molecule has 0 atom stereocenters. The van der Waals surface area contributed by atoms with E-state index in [2.05, 4.69) is 42.5 Å². The molecule has 0 aliphatic carbocycles. The molecule has 1 amide bonds. The normalized spacial score (nSPS) is 10.3. The molecule has 1 aromatic carbocycles. The minimum absolute atomic E-state index is 0.0106. The van der Waals surface area contributed by atoms with Gasteiger partial charge in [-0.05, 0) is 28.1 Å². The molecule has 8 heteroatoms. The quantitative estimate of drug-likeness (QED) is 0.600. The molecule has 1 rings (SSSR count). The highest BCUT2D eigenvalue weighted by Gasteiger charge is 2.16. The number of hydrogen-bond acceptors (Lipinski definition) is 4. The molecule has 0 heterocycles. The Labute approximate surface area is 133 Å². The molecule has 0 aliphatic heterocycles. The first-order valence-electron chi connectivity index (χ1n) is 5.67. The van der Waals surface area contributed by atoms with Crippen LogP contribution in [-0.2, 0) is 9.53 Å². The highest BCUT2D eigenvalue weighted by Crippen LogP contribution is 2.30. The number of amides is 1. The molecular weight excluding hydrogens is 396 g/mol. The third kappa shape index (κ3) is 5.20. The monoisotopic (exact) mass is 408 g/mol. The second-order valence-corrected chi connectivity index (χ2v) is 5.60. The molecule has 0 unspecified atom stereocenters. The number of carboxylic acids is 1. The lowest BCUT2D eigenvalue weighted by molar-refractivity contribution is -0.115. The molecular formula is C12H14Br2N2O4. The van der Waals surface area contributed by atoms with Crippen molar-refractivity contribution >= 4 is 49.4 Å². The molecule has 1 aromatic rings. The van der Waals surface area contributed by atoms with Crippen molar-refractivity contribution < 1.29 is 19.4 Å². The van der Waals surface area contributed by atoms with Crippen LogP contribution in [0.5, 0.6) is 0 Å². The molecule has 0 aliphatic rings. The zero-order valence-electron chi connectivity index (χ0n) is 10.7. The highest BCUT2D eigenvalue weighted by molar-refractivity contribution is 9.11. The molecule has 110 valence electrons. The van der Waals surface area contributed by atoms with Crippen LogP contribution in [0.4, 0.5) is 5.69 Å². The molecule has 0 saturated heterocycles. The molecule has 3 N–H and O–H groups in total. The van der Waals surface area contributed by atoms with Gasteiger partial charge >= 0.3 is 5.97 Å². The van der Waals surface area contributed by atoms with E-state index >= 15 is 0 Å². The first-order valence-corrected chi connectivity index (χ1v) is 7.26. The van der Waals surface area contributed by atoms with Gasteiger partial charge in [-0.3, -0.25) is 4.79 Å². The van der Waals surface area contributed by atoms with Crippen LogP contribution in [0.3, 0.4) is 0 Å². The first kappa shape index (κ1) is 17.1. The van der Waals surface area contributed by atoms with E-state index in [1.807, 2.05) is 0 Å². The van der Waals surface area contributed by atoms with E-state index < -0.39 is 5.97 Å². The minimum Gasteiger partial charge on any atom is -0.478 e. The number of hydrogen-bond donors (Lipinski definition) is 3. The lowest BCUT2D eigenvalue weighted by atomic mass is 10.2. The largest absolute Gasteiger partial charge is 0.478 e. The van der Waals surface area contributed by atoms with E-state index in [1.165, 1.54) is 6.07 Å². The van der Waals surface area contributed by atoms with Gasteiger partial charge in [0.25, 0.3) is 0 Å². The Balaban J connectivity index is 2.76. The van der Waals surface area contributed by atoms with Crippen molar-refractivity contribution in [3.63, 3.8) is 0 Å². The zero-order valence-corrected chi connectivity index (χ0v) is 13.9. The number of anilines is 1. The summed E-state index contributed by atoms with van der Waals surface area (Å²) in [6.07, 6.45) is 0. The molecule has 6 nitrogen and oxygen atoms in total. The number of benzene rings is 1. The van der Waals surface area contributed by atoms with Gasteiger partial charge in [0, 0.05) is 22.6 Å². The van der Waals surface area contributed by atoms with Crippen LogP contribution >= 0.6 is 31.9 Å². The summed E-state index contributed by atoms with van der Waals surface area (Å²) in [6.45, 7) is 1.11. The summed E-state index contributed by atoms with van der Waals surface area (Å²) in [6, 6.07) is 3.10. The SMILES string of the molecule is COCCNCC(=O)Nc1c(Br)cc(Br)cc1C(=O)O. The number of ether oxygens (including phenoxy) is 1. The van der Waals surface area contributed by atoms with Crippen molar-refractivity contribution in [2.45, 2.75) is 0 Å². The number of carbonyl (C=O) groups is 2. The van der Waals surface area contributed by atoms with E-state index in [1.54, 1.807) is 13.2 Å². The third-order valence-electron chi connectivity index (χ3n) is 2.32. The smallest absolute Gasteiger partial charge is 0.337 e. The lowest BCUT2D eigenvalue weighted by Gasteiger charge is -2.12. The summed E-state index contributed by atoms with van der Waals surface area (Å²) in [7, 11) is 1.57. The van der Waals surface area contributed by atoms with Gasteiger partial charge in [0.1, 0.15) is 0 Å². The van der Waals surface area contributed by atoms with Gasteiger partial charge in [0.05, 0.1) is 24.4 Å². The van der Waals surface area contributed by atoms with Crippen molar-refractivity contribution in [2.24, 2.45) is 0 Å². The Bertz CT molecular complexity index is 508. The summed E-state index contributed by atoms with van der Waals surface area (Å²) in [5, 5.41) is 14.6. The second-order valence-electron chi connectivity index (χ2n) is 3.83. The fraction of sp³-hybridized carbons (Fsp3) is 0.333. The van der Waals surface area contributed by atoms with Crippen LogP contribution in [0, 0.1) is 0 Å². The van der Waals surface area contributed by atoms with Crippen molar-refractivity contribution in [3.05, 3.63) is 26.6 Å². The average Bonchev–Trinajstić information content (AvgIpc) is 2.37. The van der Waals surface area contributed by atoms with Gasteiger partial charge in [-0.15, -0.1) is 0 Å². The lowest BCUT2D eigenvalue weighted by Crippen LogP contribution is -2.30. The topological polar surface area (TPSA) is 87.7 Å². The molecule has 0 bridgehead atoms. The summed E-state index contributed by atoms with van der Waals surface area (Å²) in [4.78, 5) is 22.9. The Morgan fingerprint density at radius 1 is 1.35 bits per heavy atom. The van der Waals surface area contributed by atoms with E-state index in [0.29, 0.717) is 22.1 Å². The van der Waals surface area contributed by atoms with E-state index in [-0.39, 0.29) is 23.7 Å². The number of carbonyl (C=O) groups excluding carboxylic acids is 1. The number of rotatable bonds is 7. The zero-order chi connectivity index (χ0) is 15.1. The fourth-order valence-corrected chi connectivity index (χ4v) is 2.75. The van der Waals surface area contributed by atoms with Crippen LogP contribution in [0.25, 0.3) is 0 Å². The maximum atomic E-state index is 11.7. The van der Waals surface area contributed by atoms with Crippen LogP contribution in [0.1, 0.15) is 10.4 Å². The van der Waals surface area contributed by atoms with E-state index in [9.17, 15) is 9.59 Å². The van der Waals surface area contributed by atoms with Crippen LogP contribution < -0.4 is 10.6 Å². The van der Waals surface area contributed by atoms with Crippen molar-refractivity contribution in [1.29, 1.82) is 0 Å².